The van der Waals surface area contributed by atoms with Gasteiger partial charge in [-0.3, -0.25) is 4.90 Å². The molecule has 3 aromatic heterocycles. The van der Waals surface area contributed by atoms with Crippen LogP contribution in [0.3, 0.4) is 0 Å². The summed E-state index contributed by atoms with van der Waals surface area (Å²) in [4.78, 5) is 20.8. The fourth-order valence-electron chi connectivity index (χ4n) is 3.60. The van der Waals surface area contributed by atoms with Crippen molar-refractivity contribution in [3.63, 3.8) is 0 Å². The lowest BCUT2D eigenvalue weighted by Crippen LogP contribution is -2.34. The molecule has 4 heterocycles. The van der Waals surface area contributed by atoms with Crippen LogP contribution in [-0.4, -0.2) is 42.5 Å². The van der Waals surface area contributed by atoms with E-state index < -0.39 is 0 Å². The number of thiazole rings is 1. The number of imidazole rings is 1. The molecule has 1 saturated heterocycles. The Morgan fingerprint density at radius 3 is 2.73 bits per heavy atom. The van der Waals surface area contributed by atoms with Crippen molar-refractivity contribution in [2.24, 2.45) is 13.0 Å². The van der Waals surface area contributed by atoms with Crippen LogP contribution in [0.25, 0.3) is 11.5 Å². The van der Waals surface area contributed by atoms with Gasteiger partial charge in [-0.15, -0.1) is 11.3 Å². The number of rotatable bonds is 5. The average molecular weight is 369 g/mol. The lowest BCUT2D eigenvalue weighted by molar-refractivity contribution is 0.174. The maximum Gasteiger partial charge on any atom is 0.158 e. The molecular weight excluding hydrogens is 344 g/mol. The van der Waals surface area contributed by atoms with Gasteiger partial charge in [0.1, 0.15) is 11.5 Å². The highest BCUT2D eigenvalue weighted by molar-refractivity contribution is 7.07. The van der Waals surface area contributed by atoms with Crippen LogP contribution < -0.4 is 0 Å². The van der Waals surface area contributed by atoms with Crippen LogP contribution in [0.2, 0.25) is 0 Å². The van der Waals surface area contributed by atoms with E-state index in [2.05, 4.69) is 25.2 Å². The molecule has 136 valence electrons. The fourth-order valence-corrected chi connectivity index (χ4v) is 4.15. The number of aryl methyl sites for hydroxylation is 2. The van der Waals surface area contributed by atoms with Gasteiger partial charge in [0.25, 0.3) is 0 Å². The summed E-state index contributed by atoms with van der Waals surface area (Å²) in [7, 11) is 2.00. The quantitative estimate of drug-likeness (QED) is 0.693. The van der Waals surface area contributed by atoms with Gasteiger partial charge in [-0.05, 0) is 44.8 Å². The predicted octanol–water partition coefficient (Wildman–Crippen LogP) is 3.10. The molecular formula is C19H24N6S. The van der Waals surface area contributed by atoms with Crippen molar-refractivity contribution in [1.82, 2.24) is 29.4 Å². The van der Waals surface area contributed by atoms with Crippen molar-refractivity contribution in [3.05, 3.63) is 46.6 Å². The maximum atomic E-state index is 4.79. The van der Waals surface area contributed by atoms with Crippen molar-refractivity contribution in [1.29, 1.82) is 0 Å². The third kappa shape index (κ3) is 3.99. The Bertz CT molecular complexity index is 849. The second-order valence-corrected chi connectivity index (χ2v) is 7.79. The Hall–Kier alpha value is -2.12. The van der Waals surface area contributed by atoms with E-state index in [1.54, 1.807) is 11.3 Å². The highest BCUT2D eigenvalue weighted by Crippen LogP contribution is 2.23. The normalized spacial score (nSPS) is 16.2. The van der Waals surface area contributed by atoms with Gasteiger partial charge in [0.15, 0.2) is 5.82 Å². The molecule has 0 N–H and O–H groups in total. The number of aromatic nitrogens is 5. The molecule has 0 unspecified atom stereocenters. The number of hydrogen-bond acceptors (Lipinski definition) is 6. The topological polar surface area (TPSA) is 59.7 Å². The van der Waals surface area contributed by atoms with Gasteiger partial charge >= 0.3 is 0 Å². The molecule has 1 aliphatic heterocycles. The minimum Gasteiger partial charge on any atom is -0.333 e. The Kier molecular flexibility index (Phi) is 5.08. The molecule has 0 aromatic carbocycles. The largest absolute Gasteiger partial charge is 0.333 e. The first-order valence-corrected chi connectivity index (χ1v) is 10.0. The Morgan fingerprint density at radius 1 is 1.19 bits per heavy atom. The van der Waals surface area contributed by atoms with E-state index >= 15 is 0 Å². The summed E-state index contributed by atoms with van der Waals surface area (Å²) in [5, 5.41) is 2.14. The molecule has 3 aromatic rings. The summed E-state index contributed by atoms with van der Waals surface area (Å²) in [5.41, 5.74) is 5.03. The molecule has 0 bridgehead atoms. The zero-order chi connectivity index (χ0) is 17.9. The van der Waals surface area contributed by atoms with E-state index in [9.17, 15) is 0 Å². The van der Waals surface area contributed by atoms with Crippen molar-refractivity contribution < 1.29 is 0 Å². The average Bonchev–Trinajstić information content (AvgIpc) is 3.28. The Morgan fingerprint density at radius 2 is 2.04 bits per heavy atom. The number of nitrogens with zero attached hydrogens (tertiary/aromatic N) is 6. The molecule has 26 heavy (non-hydrogen) atoms. The highest BCUT2D eigenvalue weighted by atomic mass is 32.1. The summed E-state index contributed by atoms with van der Waals surface area (Å²) in [6.07, 6.45) is 7.09. The van der Waals surface area contributed by atoms with E-state index in [1.165, 1.54) is 18.5 Å². The number of likely N-dealkylation sites (tertiary alicyclic amines) is 1. The molecule has 0 radical (unpaired) electrons. The molecule has 1 fully saturated rings. The van der Waals surface area contributed by atoms with Crippen molar-refractivity contribution in [2.75, 3.05) is 13.1 Å². The third-order valence-electron chi connectivity index (χ3n) is 5.00. The van der Waals surface area contributed by atoms with Crippen molar-refractivity contribution >= 4 is 11.3 Å². The van der Waals surface area contributed by atoms with Crippen LogP contribution in [0.1, 0.15) is 30.1 Å². The summed E-state index contributed by atoms with van der Waals surface area (Å²) < 4.78 is 2.00. The Balaban J connectivity index is 1.39. The second kappa shape index (κ2) is 7.63. The Labute approximate surface area is 158 Å². The molecule has 4 rings (SSSR count). The molecule has 0 spiro atoms. The first-order valence-electron chi connectivity index (χ1n) is 9.09. The summed E-state index contributed by atoms with van der Waals surface area (Å²) in [5.74, 6) is 2.49. The SMILES string of the molecule is Cc1cc(-c2nccn2C)nc(CC2CCN(Cc3cscn3)CC2)n1. The van der Waals surface area contributed by atoms with Gasteiger partial charge < -0.3 is 4.57 Å². The minimum atomic E-state index is 0.651. The third-order valence-corrected chi connectivity index (χ3v) is 5.63. The maximum absolute atomic E-state index is 4.79. The lowest BCUT2D eigenvalue weighted by Gasteiger charge is -2.31. The zero-order valence-corrected chi connectivity index (χ0v) is 16.1. The van der Waals surface area contributed by atoms with E-state index in [0.717, 1.165) is 49.1 Å². The van der Waals surface area contributed by atoms with E-state index in [0.29, 0.717) is 5.92 Å². The second-order valence-electron chi connectivity index (χ2n) is 7.08. The van der Waals surface area contributed by atoms with Gasteiger partial charge in [-0.1, -0.05) is 0 Å². The van der Waals surface area contributed by atoms with Crippen molar-refractivity contribution in [3.8, 4) is 11.5 Å². The zero-order valence-electron chi connectivity index (χ0n) is 15.3. The van der Waals surface area contributed by atoms with Gasteiger partial charge in [0.05, 0.1) is 11.2 Å². The molecule has 0 saturated carbocycles. The van der Waals surface area contributed by atoms with E-state index in [4.69, 9.17) is 4.98 Å². The molecule has 1 aliphatic rings. The monoisotopic (exact) mass is 368 g/mol. The van der Waals surface area contributed by atoms with Crippen LogP contribution in [-0.2, 0) is 20.0 Å². The van der Waals surface area contributed by atoms with E-state index in [-0.39, 0.29) is 0 Å². The molecule has 0 aliphatic carbocycles. The molecule has 0 amide bonds. The van der Waals surface area contributed by atoms with Crippen LogP contribution >= 0.6 is 11.3 Å². The summed E-state index contributed by atoms with van der Waals surface area (Å²) in [6, 6.07) is 2.02. The highest BCUT2D eigenvalue weighted by Gasteiger charge is 2.21. The van der Waals surface area contributed by atoms with E-state index in [1.807, 2.05) is 42.5 Å². The molecule has 6 nitrogen and oxygen atoms in total. The standard InChI is InChI=1S/C19H24N6S/c1-14-9-17(19-20-5-8-24(19)2)23-18(22-14)10-15-3-6-25(7-4-15)11-16-12-26-13-21-16/h5,8-9,12-13,15H,3-4,6-7,10-11H2,1-2H3. The predicted molar refractivity (Wildman–Crippen MR) is 103 cm³/mol. The fraction of sp³-hybridized carbons (Fsp3) is 0.474. The summed E-state index contributed by atoms with van der Waals surface area (Å²) in [6.45, 7) is 5.26. The van der Waals surface area contributed by atoms with Crippen LogP contribution in [0.5, 0.6) is 0 Å². The number of piperidine rings is 1. The minimum absolute atomic E-state index is 0.651. The smallest absolute Gasteiger partial charge is 0.158 e. The summed E-state index contributed by atoms with van der Waals surface area (Å²) >= 11 is 1.67. The lowest BCUT2D eigenvalue weighted by atomic mass is 9.93. The molecule has 7 heteroatoms. The van der Waals surface area contributed by atoms with Crippen LogP contribution in [0, 0.1) is 12.8 Å². The molecule has 0 atom stereocenters. The van der Waals surface area contributed by atoms with Crippen LogP contribution in [0.4, 0.5) is 0 Å². The van der Waals surface area contributed by atoms with Gasteiger partial charge in [0, 0.05) is 43.5 Å². The van der Waals surface area contributed by atoms with Crippen molar-refractivity contribution in [2.45, 2.75) is 32.7 Å². The van der Waals surface area contributed by atoms with Gasteiger partial charge in [-0.2, -0.15) is 0 Å². The first kappa shape index (κ1) is 17.3. The number of hydrogen-bond donors (Lipinski definition) is 0. The van der Waals surface area contributed by atoms with Crippen LogP contribution in [0.15, 0.2) is 29.4 Å². The van der Waals surface area contributed by atoms with Gasteiger partial charge in [-0.25, -0.2) is 19.9 Å². The first-order chi connectivity index (χ1) is 12.7. The van der Waals surface area contributed by atoms with Gasteiger partial charge in [0.2, 0.25) is 0 Å².